The summed E-state index contributed by atoms with van der Waals surface area (Å²) < 4.78 is 0. The number of benzene rings is 1. The van der Waals surface area contributed by atoms with Crippen LogP contribution in [-0.2, 0) is 6.54 Å². The van der Waals surface area contributed by atoms with Gasteiger partial charge in [0.25, 0.3) is 0 Å². The van der Waals surface area contributed by atoms with Gasteiger partial charge in [-0.2, -0.15) is 0 Å². The summed E-state index contributed by atoms with van der Waals surface area (Å²) in [7, 11) is 0. The van der Waals surface area contributed by atoms with Crippen molar-refractivity contribution in [1.82, 2.24) is 4.90 Å². The van der Waals surface area contributed by atoms with Gasteiger partial charge >= 0.3 is 0 Å². The van der Waals surface area contributed by atoms with E-state index in [1.807, 2.05) is 0 Å². The topological polar surface area (TPSA) is 29.3 Å². The van der Waals surface area contributed by atoms with Gasteiger partial charge in [0.15, 0.2) is 0 Å². The van der Waals surface area contributed by atoms with Crippen LogP contribution in [0.15, 0.2) is 30.3 Å². The van der Waals surface area contributed by atoms with Crippen molar-refractivity contribution >= 4 is 0 Å². The molecule has 1 fully saturated rings. The third-order valence-corrected chi connectivity index (χ3v) is 4.76. The number of nitrogens with zero attached hydrogens (tertiary/aromatic N) is 1. The van der Waals surface area contributed by atoms with E-state index in [0.29, 0.717) is 11.5 Å². The van der Waals surface area contributed by atoms with Crippen LogP contribution in [0.4, 0.5) is 0 Å². The van der Waals surface area contributed by atoms with Crippen molar-refractivity contribution in [2.45, 2.75) is 59.0 Å². The predicted octanol–water partition coefficient (Wildman–Crippen LogP) is 4.05. The molecule has 0 heterocycles. The fourth-order valence-electron chi connectivity index (χ4n) is 4.08. The summed E-state index contributed by atoms with van der Waals surface area (Å²) in [6.07, 6.45) is 5.10. The minimum Gasteiger partial charge on any atom is -0.330 e. The van der Waals surface area contributed by atoms with Gasteiger partial charge in [-0.15, -0.1) is 0 Å². The van der Waals surface area contributed by atoms with Gasteiger partial charge in [0, 0.05) is 12.6 Å². The summed E-state index contributed by atoms with van der Waals surface area (Å²) in [5.74, 6) is 0.829. The lowest BCUT2D eigenvalue weighted by Crippen LogP contribution is -2.43. The molecule has 2 atom stereocenters. The summed E-state index contributed by atoms with van der Waals surface area (Å²) in [6, 6.07) is 11.6. The average molecular weight is 288 g/mol. The highest BCUT2D eigenvalue weighted by Crippen LogP contribution is 2.40. The highest BCUT2D eigenvalue weighted by atomic mass is 15.2. The third kappa shape index (κ3) is 5.12. The van der Waals surface area contributed by atoms with Crippen LogP contribution in [0.25, 0.3) is 0 Å². The Morgan fingerprint density at radius 2 is 1.90 bits per heavy atom. The second kappa shape index (κ2) is 7.42. The van der Waals surface area contributed by atoms with Crippen LogP contribution in [0.3, 0.4) is 0 Å². The molecule has 1 aromatic rings. The Kier molecular flexibility index (Phi) is 5.83. The van der Waals surface area contributed by atoms with Crippen LogP contribution in [-0.4, -0.2) is 24.0 Å². The van der Waals surface area contributed by atoms with Crippen molar-refractivity contribution in [2.24, 2.45) is 17.1 Å². The van der Waals surface area contributed by atoms with E-state index in [-0.39, 0.29) is 0 Å². The molecule has 1 aliphatic rings. The maximum absolute atomic E-state index is 5.75. The number of rotatable bonds is 6. The summed E-state index contributed by atoms with van der Waals surface area (Å²) in [6.45, 7) is 10.3. The summed E-state index contributed by atoms with van der Waals surface area (Å²) in [5.41, 5.74) is 7.65. The van der Waals surface area contributed by atoms with E-state index in [1.165, 1.54) is 24.8 Å². The molecule has 2 unspecified atom stereocenters. The van der Waals surface area contributed by atoms with Crippen LogP contribution in [0, 0.1) is 11.3 Å². The molecule has 0 aliphatic heterocycles. The minimum atomic E-state index is 0.472. The standard InChI is InChI=1S/C19H32N2/c1-16-12-18(14-19(2,3)13-16)21(11-7-10-20)15-17-8-5-4-6-9-17/h4-6,8-9,16,18H,7,10-15,20H2,1-3H3. The smallest absolute Gasteiger partial charge is 0.0236 e. The van der Waals surface area contributed by atoms with Gasteiger partial charge in [-0.3, -0.25) is 4.90 Å². The molecule has 0 bridgehead atoms. The molecule has 118 valence electrons. The molecule has 21 heavy (non-hydrogen) atoms. The Morgan fingerprint density at radius 1 is 1.19 bits per heavy atom. The molecule has 2 nitrogen and oxygen atoms in total. The average Bonchev–Trinajstić information content (AvgIpc) is 2.42. The lowest BCUT2D eigenvalue weighted by Gasteiger charge is -2.44. The number of hydrogen-bond donors (Lipinski definition) is 1. The summed E-state index contributed by atoms with van der Waals surface area (Å²) in [5, 5.41) is 0. The molecular weight excluding hydrogens is 256 g/mol. The van der Waals surface area contributed by atoms with Crippen LogP contribution in [0.5, 0.6) is 0 Å². The maximum Gasteiger partial charge on any atom is 0.0236 e. The Labute approximate surface area is 130 Å². The number of nitrogens with two attached hydrogens (primary N) is 1. The second-order valence-electron chi connectivity index (χ2n) is 7.67. The second-order valence-corrected chi connectivity index (χ2v) is 7.67. The molecule has 2 N–H and O–H groups in total. The highest BCUT2D eigenvalue weighted by molar-refractivity contribution is 5.14. The Balaban J connectivity index is 2.07. The zero-order chi connectivity index (χ0) is 15.3. The Morgan fingerprint density at radius 3 is 2.52 bits per heavy atom. The van der Waals surface area contributed by atoms with Crippen molar-refractivity contribution in [3.05, 3.63) is 35.9 Å². The quantitative estimate of drug-likeness (QED) is 0.855. The largest absolute Gasteiger partial charge is 0.330 e. The monoisotopic (exact) mass is 288 g/mol. The van der Waals surface area contributed by atoms with E-state index in [1.54, 1.807) is 0 Å². The Hall–Kier alpha value is -0.860. The van der Waals surface area contributed by atoms with Gasteiger partial charge in [0.05, 0.1) is 0 Å². The van der Waals surface area contributed by atoms with Crippen molar-refractivity contribution in [3.8, 4) is 0 Å². The van der Waals surface area contributed by atoms with Gasteiger partial charge in [-0.25, -0.2) is 0 Å². The van der Waals surface area contributed by atoms with E-state index in [9.17, 15) is 0 Å². The van der Waals surface area contributed by atoms with E-state index < -0.39 is 0 Å². The first-order valence-corrected chi connectivity index (χ1v) is 8.48. The molecule has 1 saturated carbocycles. The van der Waals surface area contributed by atoms with Crippen molar-refractivity contribution in [2.75, 3.05) is 13.1 Å². The Bertz CT molecular complexity index is 413. The molecule has 0 saturated heterocycles. The summed E-state index contributed by atoms with van der Waals surface area (Å²) in [4.78, 5) is 2.68. The molecule has 0 amide bonds. The zero-order valence-corrected chi connectivity index (χ0v) is 14.0. The van der Waals surface area contributed by atoms with Gasteiger partial charge < -0.3 is 5.73 Å². The molecule has 0 spiro atoms. The van der Waals surface area contributed by atoms with Crippen LogP contribution in [0.2, 0.25) is 0 Å². The number of hydrogen-bond acceptors (Lipinski definition) is 2. The van der Waals surface area contributed by atoms with E-state index in [2.05, 4.69) is 56.0 Å². The molecular formula is C19H32N2. The molecule has 0 aromatic heterocycles. The van der Waals surface area contributed by atoms with Gasteiger partial charge in [-0.05, 0) is 55.7 Å². The van der Waals surface area contributed by atoms with Crippen LogP contribution in [0.1, 0.15) is 52.0 Å². The molecule has 0 radical (unpaired) electrons. The SMILES string of the molecule is CC1CC(N(CCCN)Cc2ccccc2)CC(C)(C)C1. The fraction of sp³-hybridized carbons (Fsp3) is 0.684. The first kappa shape index (κ1) is 16.5. The first-order chi connectivity index (χ1) is 10.00. The van der Waals surface area contributed by atoms with Crippen molar-refractivity contribution < 1.29 is 0 Å². The summed E-state index contributed by atoms with van der Waals surface area (Å²) >= 11 is 0. The minimum absolute atomic E-state index is 0.472. The van der Waals surface area contributed by atoms with Gasteiger partial charge in [-0.1, -0.05) is 51.1 Å². The lowest BCUT2D eigenvalue weighted by molar-refractivity contribution is 0.0614. The van der Waals surface area contributed by atoms with Gasteiger partial charge in [0.2, 0.25) is 0 Å². The van der Waals surface area contributed by atoms with Crippen LogP contribution < -0.4 is 5.73 Å². The van der Waals surface area contributed by atoms with E-state index in [4.69, 9.17) is 5.73 Å². The molecule has 1 aromatic carbocycles. The molecule has 1 aliphatic carbocycles. The normalized spacial score (nSPS) is 25.2. The van der Waals surface area contributed by atoms with Crippen LogP contribution >= 0.6 is 0 Å². The highest BCUT2D eigenvalue weighted by Gasteiger charge is 2.34. The zero-order valence-electron chi connectivity index (χ0n) is 14.0. The van der Waals surface area contributed by atoms with E-state index in [0.717, 1.165) is 32.0 Å². The predicted molar refractivity (Wildman–Crippen MR) is 91.1 cm³/mol. The fourth-order valence-corrected chi connectivity index (χ4v) is 4.08. The lowest BCUT2D eigenvalue weighted by atomic mass is 9.70. The van der Waals surface area contributed by atoms with E-state index >= 15 is 0 Å². The first-order valence-electron chi connectivity index (χ1n) is 8.48. The molecule has 2 heteroatoms. The van der Waals surface area contributed by atoms with Crippen molar-refractivity contribution in [1.29, 1.82) is 0 Å². The third-order valence-electron chi connectivity index (χ3n) is 4.76. The maximum atomic E-state index is 5.75. The molecule has 2 rings (SSSR count). The van der Waals surface area contributed by atoms with Gasteiger partial charge in [0.1, 0.15) is 0 Å². The van der Waals surface area contributed by atoms with Crippen molar-refractivity contribution in [3.63, 3.8) is 0 Å².